The first-order valence-electron chi connectivity index (χ1n) is 7.63. The molecule has 0 unspecified atom stereocenters. The molecule has 0 atom stereocenters. The monoisotopic (exact) mass is 322 g/mol. The first kappa shape index (κ1) is 15.9. The highest BCUT2D eigenvalue weighted by Gasteiger charge is 2.08. The van der Waals surface area contributed by atoms with E-state index in [-0.39, 0.29) is 12.5 Å². The highest BCUT2D eigenvalue weighted by atomic mass is 16.3. The van der Waals surface area contributed by atoms with Gasteiger partial charge in [0.05, 0.1) is 0 Å². The van der Waals surface area contributed by atoms with E-state index in [1.54, 1.807) is 23.1 Å². The SMILES string of the molecule is Cn1cnc(-c2ccc(C(=O)Nc3ccc(CCO)cc3)cc2)n1. The molecule has 0 saturated heterocycles. The van der Waals surface area contributed by atoms with Gasteiger partial charge >= 0.3 is 0 Å². The molecule has 3 aromatic rings. The van der Waals surface area contributed by atoms with Gasteiger partial charge in [-0.2, -0.15) is 5.10 Å². The van der Waals surface area contributed by atoms with Crippen molar-refractivity contribution >= 4 is 11.6 Å². The Morgan fingerprint density at radius 1 is 1.12 bits per heavy atom. The number of hydrogen-bond donors (Lipinski definition) is 2. The second-order valence-electron chi connectivity index (χ2n) is 5.44. The molecule has 1 heterocycles. The maximum Gasteiger partial charge on any atom is 0.255 e. The van der Waals surface area contributed by atoms with E-state index in [1.165, 1.54) is 0 Å². The van der Waals surface area contributed by atoms with E-state index in [2.05, 4.69) is 15.4 Å². The number of benzene rings is 2. The Kier molecular flexibility index (Phi) is 4.67. The van der Waals surface area contributed by atoms with Crippen LogP contribution < -0.4 is 5.32 Å². The largest absolute Gasteiger partial charge is 0.396 e. The standard InChI is InChI=1S/C18H18N4O2/c1-22-12-19-17(21-22)14-4-6-15(7-5-14)18(24)20-16-8-2-13(3-9-16)10-11-23/h2-9,12,23H,10-11H2,1H3,(H,20,24). The second-order valence-corrected chi connectivity index (χ2v) is 5.44. The topological polar surface area (TPSA) is 80.0 Å². The average Bonchev–Trinajstić information content (AvgIpc) is 3.03. The van der Waals surface area contributed by atoms with Crippen LogP contribution in [0.2, 0.25) is 0 Å². The van der Waals surface area contributed by atoms with Gasteiger partial charge in [-0.1, -0.05) is 24.3 Å². The van der Waals surface area contributed by atoms with Crippen molar-refractivity contribution in [2.24, 2.45) is 7.05 Å². The number of aliphatic hydroxyl groups excluding tert-OH is 1. The summed E-state index contributed by atoms with van der Waals surface area (Å²) in [5.74, 6) is 0.453. The van der Waals surface area contributed by atoms with Crippen LogP contribution in [0.3, 0.4) is 0 Å². The molecule has 122 valence electrons. The number of rotatable bonds is 5. The molecule has 6 nitrogen and oxygen atoms in total. The molecular weight excluding hydrogens is 304 g/mol. The molecule has 0 saturated carbocycles. The summed E-state index contributed by atoms with van der Waals surface area (Å²) in [5, 5.41) is 16.0. The quantitative estimate of drug-likeness (QED) is 0.755. The molecule has 0 radical (unpaired) electrons. The van der Waals surface area contributed by atoms with Crippen molar-refractivity contribution in [1.29, 1.82) is 0 Å². The minimum Gasteiger partial charge on any atom is -0.396 e. The highest BCUT2D eigenvalue weighted by molar-refractivity contribution is 6.04. The van der Waals surface area contributed by atoms with Gasteiger partial charge in [0.1, 0.15) is 6.33 Å². The first-order chi connectivity index (χ1) is 11.7. The van der Waals surface area contributed by atoms with Crippen molar-refractivity contribution < 1.29 is 9.90 Å². The van der Waals surface area contributed by atoms with Gasteiger partial charge in [-0.15, -0.1) is 0 Å². The maximum absolute atomic E-state index is 12.3. The molecule has 1 amide bonds. The molecule has 0 aliphatic heterocycles. The van der Waals surface area contributed by atoms with Gasteiger partial charge in [0.15, 0.2) is 5.82 Å². The van der Waals surface area contributed by atoms with Gasteiger partial charge in [-0.3, -0.25) is 9.48 Å². The van der Waals surface area contributed by atoms with E-state index in [0.29, 0.717) is 17.8 Å². The fraction of sp³-hybridized carbons (Fsp3) is 0.167. The van der Waals surface area contributed by atoms with E-state index in [1.807, 2.05) is 43.4 Å². The summed E-state index contributed by atoms with van der Waals surface area (Å²) in [4.78, 5) is 16.5. The van der Waals surface area contributed by atoms with E-state index in [4.69, 9.17) is 5.11 Å². The molecule has 2 N–H and O–H groups in total. The average molecular weight is 322 g/mol. The molecule has 0 fully saturated rings. The van der Waals surface area contributed by atoms with Crippen molar-refractivity contribution in [3.8, 4) is 11.4 Å². The molecule has 0 aliphatic rings. The Labute approximate surface area is 139 Å². The van der Waals surface area contributed by atoms with Crippen LogP contribution in [0.1, 0.15) is 15.9 Å². The summed E-state index contributed by atoms with van der Waals surface area (Å²) in [6, 6.07) is 14.6. The molecule has 0 aliphatic carbocycles. The Hall–Kier alpha value is -2.99. The summed E-state index contributed by atoms with van der Waals surface area (Å²) in [6.45, 7) is 0.114. The smallest absolute Gasteiger partial charge is 0.255 e. The maximum atomic E-state index is 12.3. The van der Waals surface area contributed by atoms with Crippen molar-refractivity contribution in [2.45, 2.75) is 6.42 Å². The van der Waals surface area contributed by atoms with Gasteiger partial charge in [0, 0.05) is 30.5 Å². The van der Waals surface area contributed by atoms with E-state index in [0.717, 1.165) is 16.8 Å². The minimum atomic E-state index is -0.176. The number of aliphatic hydroxyl groups is 1. The number of nitrogens with one attached hydrogen (secondary N) is 1. The number of anilines is 1. The van der Waals surface area contributed by atoms with E-state index < -0.39 is 0 Å². The van der Waals surface area contributed by atoms with Crippen LogP contribution in [0, 0.1) is 0 Å². The number of amides is 1. The number of carbonyl (C=O) groups excluding carboxylic acids is 1. The van der Waals surface area contributed by atoms with Crippen molar-refractivity contribution in [2.75, 3.05) is 11.9 Å². The zero-order chi connectivity index (χ0) is 16.9. The summed E-state index contributed by atoms with van der Waals surface area (Å²) >= 11 is 0. The molecular formula is C18H18N4O2. The zero-order valence-corrected chi connectivity index (χ0v) is 13.3. The lowest BCUT2D eigenvalue weighted by atomic mass is 10.1. The van der Waals surface area contributed by atoms with Crippen molar-refractivity contribution in [3.05, 3.63) is 66.0 Å². The van der Waals surface area contributed by atoms with Crippen LogP contribution in [0.4, 0.5) is 5.69 Å². The van der Waals surface area contributed by atoms with Crippen LogP contribution in [-0.2, 0) is 13.5 Å². The van der Waals surface area contributed by atoms with E-state index >= 15 is 0 Å². The molecule has 0 bridgehead atoms. The third kappa shape index (κ3) is 3.67. The number of aryl methyl sites for hydroxylation is 1. The zero-order valence-electron chi connectivity index (χ0n) is 13.3. The van der Waals surface area contributed by atoms with Crippen LogP contribution >= 0.6 is 0 Å². The summed E-state index contributed by atoms with van der Waals surface area (Å²) in [5.41, 5.74) is 3.18. The number of aromatic nitrogens is 3. The normalized spacial score (nSPS) is 10.6. The minimum absolute atomic E-state index is 0.114. The van der Waals surface area contributed by atoms with Gasteiger partial charge in [0.25, 0.3) is 5.91 Å². The Balaban J connectivity index is 1.68. The summed E-state index contributed by atoms with van der Waals surface area (Å²) < 4.78 is 1.64. The van der Waals surface area contributed by atoms with Crippen LogP contribution in [0.5, 0.6) is 0 Å². The predicted molar refractivity (Wildman–Crippen MR) is 91.6 cm³/mol. The number of carbonyl (C=O) groups is 1. The van der Waals surface area contributed by atoms with Gasteiger partial charge < -0.3 is 10.4 Å². The van der Waals surface area contributed by atoms with Crippen molar-refractivity contribution in [3.63, 3.8) is 0 Å². The first-order valence-corrected chi connectivity index (χ1v) is 7.63. The van der Waals surface area contributed by atoms with Crippen LogP contribution in [-0.4, -0.2) is 32.4 Å². The lowest BCUT2D eigenvalue weighted by Gasteiger charge is -2.07. The van der Waals surface area contributed by atoms with Gasteiger partial charge in [-0.25, -0.2) is 4.98 Å². The number of hydrogen-bond acceptors (Lipinski definition) is 4. The Bertz CT molecular complexity index is 823. The third-order valence-electron chi connectivity index (χ3n) is 3.62. The number of nitrogens with zero attached hydrogens (tertiary/aromatic N) is 3. The third-order valence-corrected chi connectivity index (χ3v) is 3.62. The lowest BCUT2D eigenvalue weighted by molar-refractivity contribution is 0.102. The molecule has 2 aromatic carbocycles. The fourth-order valence-corrected chi connectivity index (χ4v) is 2.33. The second kappa shape index (κ2) is 7.06. The molecule has 6 heteroatoms. The van der Waals surface area contributed by atoms with Crippen LogP contribution in [0.25, 0.3) is 11.4 Å². The fourth-order valence-electron chi connectivity index (χ4n) is 2.33. The Morgan fingerprint density at radius 2 is 1.83 bits per heavy atom. The summed E-state index contributed by atoms with van der Waals surface area (Å²) in [6.07, 6.45) is 2.24. The van der Waals surface area contributed by atoms with E-state index in [9.17, 15) is 4.79 Å². The predicted octanol–water partition coefficient (Wildman–Crippen LogP) is 2.27. The van der Waals surface area contributed by atoms with Crippen molar-refractivity contribution in [1.82, 2.24) is 14.8 Å². The summed E-state index contributed by atoms with van der Waals surface area (Å²) in [7, 11) is 1.81. The molecule has 0 spiro atoms. The van der Waals surface area contributed by atoms with Gasteiger partial charge in [0.2, 0.25) is 0 Å². The molecule has 1 aromatic heterocycles. The Morgan fingerprint density at radius 3 is 2.42 bits per heavy atom. The molecule has 24 heavy (non-hydrogen) atoms. The van der Waals surface area contributed by atoms with Crippen LogP contribution in [0.15, 0.2) is 54.9 Å². The molecule has 3 rings (SSSR count). The lowest BCUT2D eigenvalue weighted by Crippen LogP contribution is -2.11. The van der Waals surface area contributed by atoms with Gasteiger partial charge in [-0.05, 0) is 36.2 Å². The highest BCUT2D eigenvalue weighted by Crippen LogP contribution is 2.16.